The summed E-state index contributed by atoms with van der Waals surface area (Å²) in [5.41, 5.74) is 3.55. The maximum atomic E-state index is 16.4. The summed E-state index contributed by atoms with van der Waals surface area (Å²) < 4.78 is 65.1. The molecule has 12 heteroatoms. The fourth-order valence-corrected chi connectivity index (χ4v) is 11.6. The van der Waals surface area contributed by atoms with Crippen molar-refractivity contribution in [1.82, 2.24) is 30.6 Å². The maximum Gasteiger partial charge on any atom is 0.151 e. The molecule has 2 aromatic heterocycles. The highest BCUT2D eigenvalue weighted by molar-refractivity contribution is 5.78. The number of fused-ring (bicyclic) bond motifs is 4. The van der Waals surface area contributed by atoms with Gasteiger partial charge in [-0.1, -0.05) is 12.8 Å². The number of hydrogen-bond donors (Lipinski definition) is 4. The van der Waals surface area contributed by atoms with Gasteiger partial charge in [0.05, 0.1) is 46.2 Å². The topological polar surface area (TPSA) is 87.9 Å². The molecule has 6 fully saturated rings. The van der Waals surface area contributed by atoms with Crippen LogP contribution in [-0.4, -0.2) is 45.1 Å². The smallest absolute Gasteiger partial charge is 0.151 e. The van der Waals surface area contributed by atoms with Crippen LogP contribution in [0.25, 0.3) is 22.1 Å². The summed E-state index contributed by atoms with van der Waals surface area (Å²) in [5.74, 6) is 0.707. The number of H-pyrrole nitrogens is 2. The second-order valence-electron chi connectivity index (χ2n) is 17.4. The Morgan fingerprint density at radius 2 is 1.05 bits per heavy atom. The lowest BCUT2D eigenvalue weighted by Gasteiger charge is -2.35. The standard InChI is InChI=1S/C43H48F4N8/c44-27-20-35-33(50-42(52-35)37-14-22-6-4-8-31(22)48-37)18-25(27)39-10-11-40(55(39)24-16-29(46)41(30(47)17-24)54-12-2-1-3-13-54)26-19-34-36(21-28(26)45)53-43(51-34)38-15-23-7-5-9-32(23)49-38/h16-23,31-32,37-40,48-49H,1-15H2,(H,50,52)(H,51,53)/t22-,23-,31-,32-,37-,38-,39+,40+/m0/s1. The van der Waals surface area contributed by atoms with E-state index in [-0.39, 0.29) is 23.5 Å². The van der Waals surface area contributed by atoms with Crippen LogP contribution in [0.1, 0.15) is 130 Å². The zero-order valence-electron chi connectivity index (χ0n) is 31.0. The molecule has 11 rings (SSSR count). The summed E-state index contributed by atoms with van der Waals surface area (Å²) in [6.07, 6.45) is 13.0. The van der Waals surface area contributed by atoms with Crippen molar-refractivity contribution < 1.29 is 17.6 Å². The Hall–Kier alpha value is -4.16. The number of nitrogens with one attached hydrogen (secondary N) is 4. The maximum absolute atomic E-state index is 16.4. The van der Waals surface area contributed by atoms with Crippen LogP contribution in [0.4, 0.5) is 28.9 Å². The second-order valence-corrected chi connectivity index (χ2v) is 17.4. The molecule has 8 atom stereocenters. The number of piperidine rings is 1. The molecule has 0 spiro atoms. The molecule has 5 aromatic rings. The number of anilines is 2. The summed E-state index contributed by atoms with van der Waals surface area (Å²) >= 11 is 0. The molecular weight excluding hydrogens is 705 g/mol. The van der Waals surface area contributed by atoms with E-state index in [1.54, 1.807) is 17.0 Å². The van der Waals surface area contributed by atoms with Crippen molar-refractivity contribution >= 4 is 33.4 Å². The van der Waals surface area contributed by atoms with Gasteiger partial charge in [-0.3, -0.25) is 0 Å². The number of rotatable bonds is 6. The van der Waals surface area contributed by atoms with E-state index >= 15 is 17.6 Å². The summed E-state index contributed by atoms with van der Waals surface area (Å²) in [6.45, 7) is 1.18. The number of aromatic nitrogens is 4. The van der Waals surface area contributed by atoms with Gasteiger partial charge in [0.1, 0.15) is 29.0 Å². The molecule has 0 unspecified atom stereocenters. The van der Waals surface area contributed by atoms with E-state index in [0.29, 0.717) is 83.0 Å². The molecule has 4 N–H and O–H groups in total. The van der Waals surface area contributed by atoms with Gasteiger partial charge in [-0.2, -0.15) is 0 Å². The molecule has 4 aliphatic heterocycles. The fourth-order valence-electron chi connectivity index (χ4n) is 11.6. The van der Waals surface area contributed by atoms with Crippen LogP contribution >= 0.6 is 0 Å². The number of halogens is 4. The van der Waals surface area contributed by atoms with Gasteiger partial charge in [0.2, 0.25) is 0 Å². The van der Waals surface area contributed by atoms with Crippen LogP contribution in [0, 0.1) is 35.1 Å². The third-order valence-electron chi connectivity index (χ3n) is 14.2. The fraction of sp³-hybridized carbons (Fsp3) is 0.535. The number of benzene rings is 3. The van der Waals surface area contributed by atoms with Gasteiger partial charge in [-0.15, -0.1) is 0 Å². The number of imidazole rings is 2. The minimum atomic E-state index is -0.660. The van der Waals surface area contributed by atoms with Crippen molar-refractivity contribution in [3.63, 3.8) is 0 Å². The SMILES string of the molecule is Fc1cc2nc([C@@H]3C[C@@H]4CCC[C@@H]4N3)[nH]c2cc1[C@H]1CC[C@H](c2cc3[nH]c([C@@H]4C[C@@H]5CCC[C@@H]5N4)nc3cc2F)N1c1cc(F)c(N2CCCCC2)c(F)c1. The molecule has 2 aliphatic carbocycles. The van der Waals surface area contributed by atoms with Gasteiger partial charge in [0.25, 0.3) is 0 Å². The summed E-state index contributed by atoms with van der Waals surface area (Å²) in [6, 6.07) is 9.23. The first-order chi connectivity index (χ1) is 26.8. The molecule has 0 bridgehead atoms. The molecule has 4 saturated heterocycles. The van der Waals surface area contributed by atoms with Gasteiger partial charge < -0.3 is 30.4 Å². The number of nitrogens with zero attached hydrogens (tertiary/aromatic N) is 4. The molecule has 55 heavy (non-hydrogen) atoms. The lowest BCUT2D eigenvalue weighted by molar-refractivity contribution is 0.516. The van der Waals surface area contributed by atoms with Gasteiger partial charge in [0, 0.05) is 54.1 Å². The zero-order chi connectivity index (χ0) is 36.9. The van der Waals surface area contributed by atoms with Crippen LogP contribution in [-0.2, 0) is 0 Å². The van der Waals surface area contributed by atoms with Crippen LogP contribution in [0.3, 0.4) is 0 Å². The Kier molecular flexibility index (Phi) is 8.20. The first-order valence-electron chi connectivity index (χ1n) is 20.8. The van der Waals surface area contributed by atoms with E-state index in [2.05, 4.69) is 20.6 Å². The number of hydrogen-bond acceptors (Lipinski definition) is 6. The van der Waals surface area contributed by atoms with E-state index in [1.807, 2.05) is 4.90 Å². The van der Waals surface area contributed by atoms with Crippen molar-refractivity contribution in [2.24, 2.45) is 11.8 Å². The predicted molar refractivity (Wildman–Crippen MR) is 205 cm³/mol. The molecule has 0 amide bonds. The molecule has 6 aliphatic rings. The zero-order valence-corrected chi connectivity index (χ0v) is 31.0. The normalized spacial score (nSPS) is 30.7. The molecule has 8 nitrogen and oxygen atoms in total. The molecule has 2 saturated carbocycles. The van der Waals surface area contributed by atoms with E-state index in [9.17, 15) is 0 Å². The molecule has 6 heterocycles. The molecular formula is C43H48F4N8. The Labute approximate surface area is 317 Å². The predicted octanol–water partition coefficient (Wildman–Crippen LogP) is 9.47. The van der Waals surface area contributed by atoms with Crippen molar-refractivity contribution in [2.75, 3.05) is 22.9 Å². The highest BCUT2D eigenvalue weighted by Crippen LogP contribution is 2.50. The minimum absolute atomic E-state index is 0.0275. The highest BCUT2D eigenvalue weighted by Gasteiger charge is 2.42. The lowest BCUT2D eigenvalue weighted by Crippen LogP contribution is -2.32. The van der Waals surface area contributed by atoms with Crippen molar-refractivity contribution in [3.05, 3.63) is 82.4 Å². The van der Waals surface area contributed by atoms with E-state index < -0.39 is 35.4 Å². The minimum Gasteiger partial charge on any atom is -0.367 e. The van der Waals surface area contributed by atoms with Crippen LogP contribution in [0.15, 0.2) is 36.4 Å². The summed E-state index contributed by atoms with van der Waals surface area (Å²) in [5, 5.41) is 7.47. The van der Waals surface area contributed by atoms with Crippen molar-refractivity contribution in [3.8, 4) is 0 Å². The molecule has 3 aromatic carbocycles. The monoisotopic (exact) mass is 752 g/mol. The van der Waals surface area contributed by atoms with Crippen molar-refractivity contribution in [2.45, 2.75) is 120 Å². The summed E-state index contributed by atoms with van der Waals surface area (Å²) in [4.78, 5) is 20.2. The van der Waals surface area contributed by atoms with Gasteiger partial charge in [-0.05, 0) is 107 Å². The molecule has 0 radical (unpaired) electrons. The van der Waals surface area contributed by atoms with Crippen LogP contribution in [0.5, 0.6) is 0 Å². The Morgan fingerprint density at radius 1 is 0.545 bits per heavy atom. The van der Waals surface area contributed by atoms with Crippen LogP contribution < -0.4 is 20.4 Å². The first-order valence-corrected chi connectivity index (χ1v) is 20.8. The van der Waals surface area contributed by atoms with E-state index in [4.69, 9.17) is 9.97 Å². The average molecular weight is 753 g/mol. The third kappa shape index (κ3) is 5.75. The molecule has 288 valence electrons. The largest absolute Gasteiger partial charge is 0.367 e. The Balaban J connectivity index is 0.974. The first kappa shape index (κ1) is 34.1. The highest BCUT2D eigenvalue weighted by atomic mass is 19.1. The van der Waals surface area contributed by atoms with E-state index in [1.165, 1.54) is 62.8 Å². The Bertz CT molecular complexity index is 2110. The lowest BCUT2D eigenvalue weighted by atomic mass is 10.0. The van der Waals surface area contributed by atoms with Gasteiger partial charge >= 0.3 is 0 Å². The average Bonchev–Trinajstić information content (AvgIpc) is 4.01. The van der Waals surface area contributed by atoms with E-state index in [0.717, 1.165) is 43.8 Å². The summed E-state index contributed by atoms with van der Waals surface area (Å²) in [7, 11) is 0. The van der Waals surface area contributed by atoms with Gasteiger partial charge in [0.15, 0.2) is 11.6 Å². The van der Waals surface area contributed by atoms with Crippen molar-refractivity contribution in [1.29, 1.82) is 0 Å². The van der Waals surface area contributed by atoms with Gasteiger partial charge in [-0.25, -0.2) is 27.5 Å². The Morgan fingerprint density at radius 3 is 1.55 bits per heavy atom. The van der Waals surface area contributed by atoms with Crippen LogP contribution in [0.2, 0.25) is 0 Å². The quantitative estimate of drug-likeness (QED) is 0.129. The third-order valence-corrected chi connectivity index (χ3v) is 14.2. The second kappa shape index (κ2) is 13.2. The number of aromatic amines is 2.